The van der Waals surface area contributed by atoms with Crippen LogP contribution in [-0.4, -0.2) is 0 Å². The number of allylic oxidation sites excluding steroid dienone is 1. The quantitative estimate of drug-likeness (QED) is 0.559. The van der Waals surface area contributed by atoms with E-state index in [1.165, 1.54) is 18.2 Å². The zero-order valence-corrected chi connectivity index (χ0v) is 5.79. The monoisotopic (exact) mass is 147 g/mol. The maximum absolute atomic E-state index is 12.8. The fourth-order valence-electron chi connectivity index (χ4n) is 0.737. The minimum absolute atomic E-state index is 0.306. The molecular weight excluding hydrogens is 141 g/mol. The molecule has 0 N–H and O–H groups in total. The van der Waals surface area contributed by atoms with Crippen molar-refractivity contribution in [3.05, 3.63) is 41.7 Å². The molecule has 0 aliphatic rings. The predicted octanol–water partition coefficient (Wildman–Crippen LogP) is 2.36. The Morgan fingerprint density at radius 3 is 2.73 bits per heavy atom. The van der Waals surface area contributed by atoms with Gasteiger partial charge < -0.3 is 0 Å². The van der Waals surface area contributed by atoms with Crippen molar-refractivity contribution in [3.63, 3.8) is 0 Å². The number of hydrogen-bond acceptors (Lipinski definition) is 1. The first-order chi connectivity index (χ1) is 5.34. The van der Waals surface area contributed by atoms with E-state index in [1.807, 2.05) is 0 Å². The zero-order valence-electron chi connectivity index (χ0n) is 5.79. The van der Waals surface area contributed by atoms with Gasteiger partial charge in [0.05, 0.1) is 6.07 Å². The summed E-state index contributed by atoms with van der Waals surface area (Å²) in [6, 6.07) is 8.10. The molecule has 0 amide bonds. The van der Waals surface area contributed by atoms with E-state index in [9.17, 15) is 4.39 Å². The van der Waals surface area contributed by atoms with Gasteiger partial charge in [-0.05, 0) is 12.1 Å². The Bertz CT molecular complexity index is 310. The lowest BCUT2D eigenvalue weighted by atomic mass is 10.2. The lowest BCUT2D eigenvalue weighted by molar-refractivity contribution is 0.625. The van der Waals surface area contributed by atoms with Crippen molar-refractivity contribution < 1.29 is 4.39 Å². The van der Waals surface area contributed by atoms with Gasteiger partial charge in [-0.25, -0.2) is 4.39 Å². The van der Waals surface area contributed by atoms with Gasteiger partial charge in [0.15, 0.2) is 0 Å². The molecule has 0 fully saturated rings. The van der Waals surface area contributed by atoms with Gasteiger partial charge in [0, 0.05) is 11.6 Å². The third-order valence-electron chi connectivity index (χ3n) is 1.24. The molecule has 0 saturated heterocycles. The van der Waals surface area contributed by atoms with E-state index in [0.717, 1.165) is 0 Å². The molecule has 54 valence electrons. The largest absolute Gasteiger partial charge is 0.206 e. The van der Waals surface area contributed by atoms with Gasteiger partial charge in [-0.1, -0.05) is 18.2 Å². The third-order valence-corrected chi connectivity index (χ3v) is 1.24. The molecule has 0 heterocycles. The van der Waals surface area contributed by atoms with Crippen LogP contribution in [0.3, 0.4) is 0 Å². The van der Waals surface area contributed by atoms with Crippen molar-refractivity contribution in [2.24, 2.45) is 0 Å². The normalized spacial score (nSPS) is 9.82. The van der Waals surface area contributed by atoms with E-state index < -0.39 is 0 Å². The molecule has 1 rings (SSSR count). The Balaban J connectivity index is 2.97. The Morgan fingerprint density at radius 2 is 2.09 bits per heavy atom. The number of nitriles is 1. The number of benzene rings is 1. The molecule has 1 aromatic carbocycles. The second kappa shape index (κ2) is 3.52. The predicted molar refractivity (Wildman–Crippen MR) is 41.0 cm³/mol. The standard InChI is InChI=1S/C9H6FN/c10-9-6-2-1-4-8(9)5-3-7-11/h1-6H/b5-3-. The molecule has 0 saturated carbocycles. The minimum atomic E-state index is -0.306. The molecule has 1 nitrogen and oxygen atoms in total. The van der Waals surface area contributed by atoms with Crippen LogP contribution in [0.4, 0.5) is 4.39 Å². The van der Waals surface area contributed by atoms with Crippen LogP contribution in [-0.2, 0) is 0 Å². The van der Waals surface area contributed by atoms with Crippen molar-refractivity contribution in [3.8, 4) is 6.07 Å². The van der Waals surface area contributed by atoms with E-state index in [4.69, 9.17) is 5.26 Å². The van der Waals surface area contributed by atoms with Crippen molar-refractivity contribution in [1.29, 1.82) is 5.26 Å². The van der Waals surface area contributed by atoms with E-state index in [2.05, 4.69) is 0 Å². The van der Waals surface area contributed by atoms with Gasteiger partial charge in [0.25, 0.3) is 0 Å². The van der Waals surface area contributed by atoms with E-state index in [0.29, 0.717) is 5.56 Å². The average molecular weight is 147 g/mol. The van der Waals surface area contributed by atoms with Crippen molar-refractivity contribution in [1.82, 2.24) is 0 Å². The Morgan fingerprint density at radius 1 is 1.36 bits per heavy atom. The first kappa shape index (κ1) is 7.49. The highest BCUT2D eigenvalue weighted by molar-refractivity contribution is 5.52. The van der Waals surface area contributed by atoms with Gasteiger partial charge in [-0.15, -0.1) is 0 Å². The maximum Gasteiger partial charge on any atom is 0.130 e. The molecule has 0 aliphatic heterocycles. The summed E-state index contributed by atoms with van der Waals surface area (Å²) in [6.07, 6.45) is 2.69. The van der Waals surface area contributed by atoms with Crippen LogP contribution in [0.2, 0.25) is 0 Å². The lowest BCUT2D eigenvalue weighted by Crippen LogP contribution is -1.78. The first-order valence-electron chi connectivity index (χ1n) is 3.15. The molecule has 1 aromatic rings. The summed E-state index contributed by atoms with van der Waals surface area (Å²) in [4.78, 5) is 0. The number of hydrogen-bond donors (Lipinski definition) is 0. The molecule has 0 spiro atoms. The second-order valence-corrected chi connectivity index (χ2v) is 1.98. The fraction of sp³-hybridized carbons (Fsp3) is 0. The third kappa shape index (κ3) is 1.91. The summed E-state index contributed by atoms with van der Waals surface area (Å²) in [7, 11) is 0. The summed E-state index contributed by atoms with van der Waals surface area (Å²) in [6.45, 7) is 0. The minimum Gasteiger partial charge on any atom is -0.206 e. The van der Waals surface area contributed by atoms with Crippen LogP contribution in [0.15, 0.2) is 30.3 Å². The summed E-state index contributed by atoms with van der Waals surface area (Å²) in [5, 5.41) is 8.16. The van der Waals surface area contributed by atoms with Crippen LogP contribution in [0, 0.1) is 17.1 Å². The van der Waals surface area contributed by atoms with Gasteiger partial charge in [0.1, 0.15) is 5.82 Å². The van der Waals surface area contributed by atoms with Crippen molar-refractivity contribution in [2.75, 3.05) is 0 Å². The second-order valence-electron chi connectivity index (χ2n) is 1.98. The Kier molecular flexibility index (Phi) is 2.40. The maximum atomic E-state index is 12.8. The Hall–Kier alpha value is -1.62. The first-order valence-corrected chi connectivity index (χ1v) is 3.15. The van der Waals surface area contributed by atoms with Crippen LogP contribution in [0.5, 0.6) is 0 Å². The molecule has 0 radical (unpaired) electrons. The molecule has 0 aromatic heterocycles. The average Bonchev–Trinajstić information content (AvgIpc) is 2.03. The topological polar surface area (TPSA) is 23.8 Å². The molecule has 0 unspecified atom stereocenters. The number of halogens is 1. The Labute approximate surface area is 64.4 Å². The van der Waals surface area contributed by atoms with Crippen LogP contribution in [0.25, 0.3) is 6.08 Å². The molecule has 2 heteroatoms. The van der Waals surface area contributed by atoms with E-state index in [-0.39, 0.29) is 5.82 Å². The highest BCUT2D eigenvalue weighted by Crippen LogP contribution is 2.07. The molecule has 0 bridgehead atoms. The van der Waals surface area contributed by atoms with Crippen LogP contribution in [0.1, 0.15) is 5.56 Å². The summed E-state index contributed by atoms with van der Waals surface area (Å²) < 4.78 is 12.8. The smallest absolute Gasteiger partial charge is 0.130 e. The van der Waals surface area contributed by atoms with Crippen molar-refractivity contribution in [2.45, 2.75) is 0 Å². The van der Waals surface area contributed by atoms with Gasteiger partial charge in [-0.2, -0.15) is 5.26 Å². The summed E-state index contributed by atoms with van der Waals surface area (Å²) >= 11 is 0. The van der Waals surface area contributed by atoms with Crippen LogP contribution < -0.4 is 0 Å². The lowest BCUT2D eigenvalue weighted by Gasteiger charge is -1.91. The fourth-order valence-corrected chi connectivity index (χ4v) is 0.737. The van der Waals surface area contributed by atoms with E-state index in [1.54, 1.807) is 24.3 Å². The molecular formula is C9H6FN. The van der Waals surface area contributed by atoms with Gasteiger partial charge in [0.2, 0.25) is 0 Å². The number of rotatable bonds is 1. The summed E-state index contributed by atoms with van der Waals surface area (Å²) in [5.74, 6) is -0.306. The number of nitrogens with zero attached hydrogens (tertiary/aromatic N) is 1. The van der Waals surface area contributed by atoms with Gasteiger partial charge in [-0.3, -0.25) is 0 Å². The van der Waals surface area contributed by atoms with E-state index >= 15 is 0 Å². The molecule has 0 aliphatic carbocycles. The van der Waals surface area contributed by atoms with Crippen LogP contribution >= 0.6 is 0 Å². The zero-order chi connectivity index (χ0) is 8.10. The highest BCUT2D eigenvalue weighted by Gasteiger charge is 1.93. The molecule has 0 atom stereocenters. The molecule has 11 heavy (non-hydrogen) atoms. The SMILES string of the molecule is N#C/C=C\c1ccccc1F. The van der Waals surface area contributed by atoms with Crippen molar-refractivity contribution >= 4 is 6.08 Å². The summed E-state index contributed by atoms with van der Waals surface area (Å²) in [5.41, 5.74) is 0.439. The van der Waals surface area contributed by atoms with Gasteiger partial charge >= 0.3 is 0 Å². The highest BCUT2D eigenvalue weighted by atomic mass is 19.1.